The van der Waals surface area contributed by atoms with Gasteiger partial charge >= 0.3 is 5.97 Å². The van der Waals surface area contributed by atoms with Crippen molar-refractivity contribution in [2.75, 3.05) is 18.1 Å². The van der Waals surface area contributed by atoms with Gasteiger partial charge in [0.15, 0.2) is 0 Å². The molecule has 2 heterocycles. The molecule has 0 saturated carbocycles. The fourth-order valence-corrected chi connectivity index (χ4v) is 4.00. The first-order valence-corrected chi connectivity index (χ1v) is 8.52. The molecule has 1 aliphatic heterocycles. The van der Waals surface area contributed by atoms with Crippen molar-refractivity contribution >= 4 is 35.0 Å². The molecule has 0 aromatic carbocycles. The molecule has 1 fully saturated rings. The second-order valence-electron chi connectivity index (χ2n) is 4.72. The van der Waals surface area contributed by atoms with Crippen LogP contribution in [0.1, 0.15) is 23.8 Å². The van der Waals surface area contributed by atoms with Gasteiger partial charge in [0.05, 0.1) is 11.8 Å². The molecule has 2 rings (SSSR count). The van der Waals surface area contributed by atoms with Gasteiger partial charge in [0, 0.05) is 17.2 Å². The van der Waals surface area contributed by atoms with Gasteiger partial charge in [0.1, 0.15) is 6.04 Å². The molecule has 1 aliphatic rings. The third-order valence-electron chi connectivity index (χ3n) is 3.28. The number of nitrogens with two attached hydrogens (primary N) is 1. The van der Waals surface area contributed by atoms with Crippen molar-refractivity contribution in [1.82, 2.24) is 4.90 Å². The monoisotopic (exact) mass is 314 g/mol. The number of carboxylic acids is 1. The Hall–Kier alpha value is -1.05. The number of hydrogen-bond donors (Lipinski definition) is 2. The topological polar surface area (TPSA) is 83.6 Å². The van der Waals surface area contributed by atoms with Crippen molar-refractivity contribution in [1.29, 1.82) is 0 Å². The Labute approximate surface area is 126 Å². The Balaban J connectivity index is 1.84. The van der Waals surface area contributed by atoms with E-state index in [1.165, 1.54) is 16.6 Å². The van der Waals surface area contributed by atoms with Crippen molar-refractivity contribution in [2.45, 2.75) is 24.9 Å². The predicted octanol–water partition coefficient (Wildman–Crippen LogP) is 1.56. The lowest BCUT2D eigenvalue weighted by Crippen LogP contribution is -2.35. The highest BCUT2D eigenvalue weighted by Crippen LogP contribution is 2.34. The highest BCUT2D eigenvalue weighted by molar-refractivity contribution is 8.00. The van der Waals surface area contributed by atoms with Crippen molar-refractivity contribution < 1.29 is 14.7 Å². The standard InChI is InChI=1S/C13H18N2O3S2/c14-9(13(17)18)7-19-8-12(16)15-5-1-3-10(15)11-4-2-6-20-11/h2,4,6,9-10H,1,3,5,7-8,14H2,(H,17,18)/t9-,10?/m1/s1. The summed E-state index contributed by atoms with van der Waals surface area (Å²) >= 11 is 2.97. The molecular weight excluding hydrogens is 296 g/mol. The Morgan fingerprint density at radius 3 is 3.05 bits per heavy atom. The summed E-state index contributed by atoms with van der Waals surface area (Å²) in [4.78, 5) is 26.0. The third kappa shape index (κ3) is 3.74. The lowest BCUT2D eigenvalue weighted by molar-refractivity contribution is -0.138. The summed E-state index contributed by atoms with van der Waals surface area (Å²) < 4.78 is 0. The first-order valence-electron chi connectivity index (χ1n) is 6.48. The third-order valence-corrected chi connectivity index (χ3v) is 5.30. The first-order chi connectivity index (χ1) is 9.59. The maximum Gasteiger partial charge on any atom is 0.321 e. The molecule has 7 heteroatoms. The van der Waals surface area contributed by atoms with Crippen LogP contribution in [0.3, 0.4) is 0 Å². The summed E-state index contributed by atoms with van der Waals surface area (Å²) in [6, 6.07) is 3.35. The number of likely N-dealkylation sites (tertiary alicyclic amines) is 1. The molecule has 1 unspecified atom stereocenters. The SMILES string of the molecule is N[C@H](CSCC(=O)N1CCCC1c1cccs1)C(=O)O. The van der Waals surface area contributed by atoms with E-state index in [0.29, 0.717) is 5.75 Å². The zero-order valence-corrected chi connectivity index (χ0v) is 12.7. The number of nitrogens with zero attached hydrogens (tertiary/aromatic N) is 1. The van der Waals surface area contributed by atoms with Crippen molar-refractivity contribution in [2.24, 2.45) is 5.73 Å². The lowest BCUT2D eigenvalue weighted by Gasteiger charge is -2.24. The van der Waals surface area contributed by atoms with Crippen LogP contribution < -0.4 is 5.73 Å². The highest BCUT2D eigenvalue weighted by atomic mass is 32.2. The Kier molecular flexibility index (Phi) is 5.45. The minimum absolute atomic E-state index is 0.0727. The van der Waals surface area contributed by atoms with Crippen LogP contribution in [0.2, 0.25) is 0 Å². The Morgan fingerprint density at radius 2 is 2.40 bits per heavy atom. The number of aliphatic carboxylic acids is 1. The van der Waals surface area contributed by atoms with Gasteiger partial charge in [-0.25, -0.2) is 0 Å². The summed E-state index contributed by atoms with van der Waals surface area (Å²) in [5.74, 6) is -0.396. The summed E-state index contributed by atoms with van der Waals surface area (Å²) in [7, 11) is 0. The Morgan fingerprint density at radius 1 is 1.60 bits per heavy atom. The molecule has 0 radical (unpaired) electrons. The molecule has 110 valence electrons. The molecule has 1 saturated heterocycles. The van der Waals surface area contributed by atoms with E-state index >= 15 is 0 Å². The van der Waals surface area contributed by atoms with E-state index in [-0.39, 0.29) is 17.7 Å². The molecule has 0 spiro atoms. The van der Waals surface area contributed by atoms with Gasteiger partial charge in [0.2, 0.25) is 5.91 Å². The number of hydrogen-bond acceptors (Lipinski definition) is 5. The highest BCUT2D eigenvalue weighted by Gasteiger charge is 2.30. The van der Waals surface area contributed by atoms with Crippen LogP contribution in [0.4, 0.5) is 0 Å². The number of rotatable bonds is 6. The summed E-state index contributed by atoms with van der Waals surface area (Å²) in [5, 5.41) is 10.7. The van der Waals surface area contributed by atoms with Crippen molar-refractivity contribution in [3.05, 3.63) is 22.4 Å². The van der Waals surface area contributed by atoms with Gasteiger partial charge in [0.25, 0.3) is 0 Å². The molecule has 1 aromatic rings. The fraction of sp³-hybridized carbons (Fsp3) is 0.538. The molecule has 1 amide bonds. The molecule has 0 aliphatic carbocycles. The largest absolute Gasteiger partial charge is 0.480 e. The van der Waals surface area contributed by atoms with Gasteiger partial charge in [-0.1, -0.05) is 6.07 Å². The minimum atomic E-state index is -1.03. The molecule has 0 bridgehead atoms. The summed E-state index contributed by atoms with van der Waals surface area (Å²) in [6.45, 7) is 0.785. The van der Waals surface area contributed by atoms with Crippen molar-refractivity contribution in [3.8, 4) is 0 Å². The lowest BCUT2D eigenvalue weighted by atomic mass is 10.2. The van der Waals surface area contributed by atoms with Crippen LogP contribution in [0, 0.1) is 0 Å². The van der Waals surface area contributed by atoms with Crippen molar-refractivity contribution in [3.63, 3.8) is 0 Å². The zero-order valence-electron chi connectivity index (χ0n) is 11.0. The summed E-state index contributed by atoms with van der Waals surface area (Å²) in [6.07, 6.45) is 2.03. The zero-order chi connectivity index (χ0) is 14.5. The van der Waals surface area contributed by atoms with E-state index in [9.17, 15) is 9.59 Å². The van der Waals surface area contributed by atoms with Gasteiger partial charge in [-0.3, -0.25) is 9.59 Å². The first kappa shape index (κ1) is 15.3. The molecule has 20 heavy (non-hydrogen) atoms. The van der Waals surface area contributed by atoms with Gasteiger partial charge in [-0.15, -0.1) is 23.1 Å². The second kappa shape index (κ2) is 7.10. The van der Waals surface area contributed by atoms with E-state index in [2.05, 4.69) is 6.07 Å². The summed E-state index contributed by atoms with van der Waals surface area (Å²) in [5.41, 5.74) is 5.42. The maximum atomic E-state index is 12.2. The van der Waals surface area contributed by atoms with Gasteiger partial charge in [-0.2, -0.15) is 0 Å². The van der Waals surface area contributed by atoms with Crippen LogP contribution in [-0.4, -0.2) is 46.0 Å². The second-order valence-corrected chi connectivity index (χ2v) is 6.73. The van der Waals surface area contributed by atoms with E-state index < -0.39 is 12.0 Å². The normalized spacial score (nSPS) is 20.1. The quantitative estimate of drug-likeness (QED) is 0.832. The van der Waals surface area contributed by atoms with Crippen LogP contribution in [0.25, 0.3) is 0 Å². The molecule has 1 aromatic heterocycles. The van der Waals surface area contributed by atoms with Gasteiger partial charge < -0.3 is 15.7 Å². The number of thioether (sulfide) groups is 1. The number of thiophene rings is 1. The smallest absolute Gasteiger partial charge is 0.321 e. The average Bonchev–Trinajstić information content (AvgIpc) is 3.08. The van der Waals surface area contributed by atoms with Gasteiger partial charge in [-0.05, 0) is 24.3 Å². The fourth-order valence-electron chi connectivity index (χ4n) is 2.27. The Bertz CT molecular complexity index is 464. The average molecular weight is 314 g/mol. The molecule has 2 atom stereocenters. The number of carboxylic acid groups (broad SMARTS) is 1. The van der Waals surface area contributed by atoms with E-state index in [1.54, 1.807) is 11.3 Å². The predicted molar refractivity (Wildman–Crippen MR) is 80.9 cm³/mol. The van der Waals surface area contributed by atoms with E-state index in [4.69, 9.17) is 10.8 Å². The van der Waals surface area contributed by atoms with Crippen LogP contribution >= 0.6 is 23.1 Å². The number of amides is 1. The van der Waals surface area contributed by atoms with Crippen LogP contribution in [0.15, 0.2) is 17.5 Å². The molecule has 5 nitrogen and oxygen atoms in total. The number of carbonyl (C=O) groups excluding carboxylic acids is 1. The van der Waals surface area contributed by atoms with Crippen LogP contribution in [-0.2, 0) is 9.59 Å². The van der Waals surface area contributed by atoms with Crippen LogP contribution in [0.5, 0.6) is 0 Å². The van der Waals surface area contributed by atoms with E-state index in [1.807, 2.05) is 16.3 Å². The molecular formula is C13H18N2O3S2. The maximum absolute atomic E-state index is 12.2. The number of carbonyl (C=O) groups is 2. The minimum Gasteiger partial charge on any atom is -0.480 e. The van der Waals surface area contributed by atoms with E-state index in [0.717, 1.165) is 19.4 Å². The molecule has 3 N–H and O–H groups in total.